The Morgan fingerprint density at radius 3 is 2.17 bits per heavy atom. The first kappa shape index (κ1) is 17.5. The summed E-state index contributed by atoms with van der Waals surface area (Å²) < 4.78 is 28.3. The molecule has 2 aromatic carbocycles. The summed E-state index contributed by atoms with van der Waals surface area (Å²) in [6, 6.07) is 14.0. The van der Waals surface area contributed by atoms with Gasteiger partial charge in [0, 0.05) is 11.8 Å². The molecule has 0 heterocycles. The van der Waals surface area contributed by atoms with Crippen molar-refractivity contribution in [3.8, 4) is 5.75 Å². The molecular formula is C16H16N2O5S. The highest BCUT2D eigenvalue weighted by molar-refractivity contribution is 7.90. The zero-order chi connectivity index (χ0) is 17.7. The molecule has 8 heteroatoms. The van der Waals surface area contributed by atoms with Crippen LogP contribution in [-0.4, -0.2) is 37.6 Å². The van der Waals surface area contributed by atoms with Gasteiger partial charge < -0.3 is 15.7 Å². The van der Waals surface area contributed by atoms with Crippen molar-refractivity contribution in [1.82, 2.24) is 0 Å². The minimum atomic E-state index is -3.34. The third-order valence-corrected chi connectivity index (χ3v) is 4.32. The molecule has 0 aromatic heterocycles. The molecule has 1 atom stereocenters. The summed E-state index contributed by atoms with van der Waals surface area (Å²) in [5.41, 5.74) is 0.565. The van der Waals surface area contributed by atoms with Gasteiger partial charge in [-0.3, -0.25) is 0 Å². The molecule has 0 fully saturated rings. The van der Waals surface area contributed by atoms with E-state index in [4.69, 9.17) is 10.6 Å². The van der Waals surface area contributed by atoms with E-state index in [-0.39, 0.29) is 16.4 Å². The molecule has 0 spiro atoms. The lowest BCUT2D eigenvalue weighted by atomic mass is 10.1. The summed E-state index contributed by atoms with van der Waals surface area (Å²) in [5, 5.41) is 13.0. The predicted octanol–water partition coefficient (Wildman–Crippen LogP) is 1.29. The number of ether oxygens (including phenoxy) is 1. The topological polar surface area (TPSA) is 119 Å². The van der Waals surface area contributed by atoms with Gasteiger partial charge in [-0.15, -0.1) is 0 Å². The maximum absolute atomic E-state index is 11.5. The molecule has 7 nitrogen and oxygen atoms in total. The smallest absolute Gasteiger partial charge is 0.351 e. The Morgan fingerprint density at radius 2 is 1.71 bits per heavy atom. The summed E-state index contributed by atoms with van der Waals surface area (Å²) in [7, 11) is -3.34. The van der Waals surface area contributed by atoms with E-state index in [2.05, 4.69) is 5.10 Å². The number of nitrogens with zero attached hydrogens (tertiary/aromatic N) is 1. The molecule has 0 radical (unpaired) electrons. The van der Waals surface area contributed by atoms with E-state index in [9.17, 15) is 18.3 Å². The number of rotatable bonds is 6. The van der Waals surface area contributed by atoms with Crippen molar-refractivity contribution in [2.45, 2.75) is 11.0 Å². The fourth-order valence-corrected chi connectivity index (χ4v) is 2.66. The molecular weight excluding hydrogens is 332 g/mol. The second-order valence-corrected chi connectivity index (χ2v) is 6.98. The third-order valence-electron chi connectivity index (χ3n) is 3.19. The Hall–Kier alpha value is -2.87. The number of nitrogens with two attached hydrogens (primary N) is 1. The first-order valence-corrected chi connectivity index (χ1v) is 8.75. The van der Waals surface area contributed by atoms with Crippen molar-refractivity contribution in [1.29, 1.82) is 0 Å². The number of hydrogen-bond donors (Lipinski definition) is 2. The molecule has 2 aromatic rings. The lowest BCUT2D eigenvalue weighted by Crippen LogP contribution is -2.37. The van der Waals surface area contributed by atoms with E-state index in [0.717, 1.165) is 6.26 Å². The number of sulfone groups is 1. The first-order valence-electron chi connectivity index (χ1n) is 6.85. The quantitative estimate of drug-likeness (QED) is 0.461. The SMILES string of the molecule is CS(=O)(=O)c1ccc(OC(C(=O)O)C(=NN)c2ccccc2)cc1. The molecule has 3 N–H and O–H groups in total. The van der Waals surface area contributed by atoms with Crippen LogP contribution in [0.4, 0.5) is 0 Å². The van der Waals surface area contributed by atoms with E-state index in [1.807, 2.05) is 0 Å². The number of carbonyl (C=O) groups is 1. The van der Waals surface area contributed by atoms with Gasteiger partial charge in [0.25, 0.3) is 0 Å². The van der Waals surface area contributed by atoms with Gasteiger partial charge in [0.15, 0.2) is 9.84 Å². The zero-order valence-electron chi connectivity index (χ0n) is 12.8. The molecule has 2 rings (SSSR count). The maximum Gasteiger partial charge on any atom is 0.351 e. The third kappa shape index (κ3) is 4.11. The second kappa shape index (κ2) is 7.14. The van der Waals surface area contributed by atoms with Crippen molar-refractivity contribution < 1.29 is 23.1 Å². The van der Waals surface area contributed by atoms with Crippen molar-refractivity contribution in [3.05, 3.63) is 60.2 Å². The minimum Gasteiger partial charge on any atom is -0.478 e. The Balaban J connectivity index is 2.31. The highest BCUT2D eigenvalue weighted by Crippen LogP contribution is 2.19. The van der Waals surface area contributed by atoms with Crippen molar-refractivity contribution >= 4 is 21.5 Å². The molecule has 0 amide bonds. The first-order chi connectivity index (χ1) is 11.3. The van der Waals surface area contributed by atoms with Gasteiger partial charge >= 0.3 is 5.97 Å². The van der Waals surface area contributed by atoms with Crippen LogP contribution in [0.1, 0.15) is 5.56 Å². The highest BCUT2D eigenvalue weighted by Gasteiger charge is 2.27. The van der Waals surface area contributed by atoms with Gasteiger partial charge in [0.05, 0.1) is 4.90 Å². The molecule has 0 saturated heterocycles. The average Bonchev–Trinajstić information content (AvgIpc) is 2.55. The number of aliphatic carboxylic acids is 1. The highest BCUT2D eigenvalue weighted by atomic mass is 32.2. The van der Waals surface area contributed by atoms with Gasteiger partial charge in [0.1, 0.15) is 11.5 Å². The Labute approximate surface area is 139 Å². The van der Waals surface area contributed by atoms with Crippen LogP contribution < -0.4 is 10.6 Å². The number of carboxylic acids is 1. The van der Waals surface area contributed by atoms with Crippen LogP contribution in [0, 0.1) is 0 Å². The summed E-state index contributed by atoms with van der Waals surface area (Å²) in [6.07, 6.45) is -0.348. The van der Waals surface area contributed by atoms with Gasteiger partial charge in [-0.1, -0.05) is 30.3 Å². The largest absolute Gasteiger partial charge is 0.478 e. The van der Waals surface area contributed by atoms with Crippen LogP contribution in [0.2, 0.25) is 0 Å². The van der Waals surface area contributed by atoms with Crippen LogP contribution in [0.3, 0.4) is 0 Å². The van der Waals surface area contributed by atoms with Crippen LogP contribution >= 0.6 is 0 Å². The Morgan fingerprint density at radius 1 is 1.12 bits per heavy atom. The van der Waals surface area contributed by atoms with Crippen molar-refractivity contribution in [3.63, 3.8) is 0 Å². The molecule has 1 unspecified atom stereocenters. The normalized spacial score (nSPS) is 13.3. The molecule has 0 saturated carbocycles. The number of benzene rings is 2. The van der Waals surface area contributed by atoms with E-state index < -0.39 is 21.9 Å². The van der Waals surface area contributed by atoms with Crippen molar-refractivity contribution in [2.24, 2.45) is 10.9 Å². The Bertz CT molecular complexity index is 846. The fraction of sp³-hybridized carbons (Fsp3) is 0.125. The lowest BCUT2D eigenvalue weighted by molar-refractivity contribution is -0.141. The van der Waals surface area contributed by atoms with Crippen LogP contribution in [-0.2, 0) is 14.6 Å². The van der Waals surface area contributed by atoms with Crippen LogP contribution in [0.15, 0.2) is 64.6 Å². The molecule has 126 valence electrons. The standard InChI is InChI=1S/C16H16N2O5S/c1-24(21,22)13-9-7-12(8-10-13)23-15(16(19)20)14(18-17)11-5-3-2-4-6-11/h2-10,15H,17H2,1H3,(H,19,20). The van der Waals surface area contributed by atoms with E-state index in [0.29, 0.717) is 5.56 Å². The number of hydrogen-bond acceptors (Lipinski definition) is 6. The van der Waals surface area contributed by atoms with Crippen molar-refractivity contribution in [2.75, 3.05) is 6.26 Å². The van der Waals surface area contributed by atoms with E-state index in [1.54, 1.807) is 30.3 Å². The van der Waals surface area contributed by atoms with E-state index >= 15 is 0 Å². The molecule has 0 aliphatic carbocycles. The maximum atomic E-state index is 11.5. The average molecular weight is 348 g/mol. The number of hydrazone groups is 1. The van der Waals surface area contributed by atoms with Gasteiger partial charge in [-0.25, -0.2) is 13.2 Å². The summed E-state index contributed by atoms with van der Waals surface area (Å²) in [5.74, 6) is 4.26. The molecule has 0 aliphatic rings. The lowest BCUT2D eigenvalue weighted by Gasteiger charge is -2.17. The molecule has 24 heavy (non-hydrogen) atoms. The van der Waals surface area contributed by atoms with Gasteiger partial charge in [-0.2, -0.15) is 5.10 Å². The molecule has 0 bridgehead atoms. The zero-order valence-corrected chi connectivity index (χ0v) is 13.6. The number of carboxylic acid groups (broad SMARTS) is 1. The molecule has 0 aliphatic heterocycles. The van der Waals surface area contributed by atoms with Crippen LogP contribution in [0.5, 0.6) is 5.75 Å². The van der Waals surface area contributed by atoms with Crippen LogP contribution in [0.25, 0.3) is 0 Å². The predicted molar refractivity (Wildman–Crippen MR) is 88.8 cm³/mol. The minimum absolute atomic E-state index is 0.0512. The summed E-state index contributed by atoms with van der Waals surface area (Å²) in [6.45, 7) is 0. The van der Waals surface area contributed by atoms with E-state index in [1.165, 1.54) is 24.3 Å². The van der Waals surface area contributed by atoms with Gasteiger partial charge in [0.2, 0.25) is 6.10 Å². The van der Waals surface area contributed by atoms with Gasteiger partial charge in [-0.05, 0) is 24.3 Å². The Kier molecular flexibility index (Phi) is 5.20. The summed E-state index contributed by atoms with van der Waals surface area (Å²) >= 11 is 0. The fourth-order valence-electron chi connectivity index (χ4n) is 2.03. The summed E-state index contributed by atoms with van der Waals surface area (Å²) in [4.78, 5) is 11.7. The second-order valence-electron chi connectivity index (χ2n) is 4.96. The monoisotopic (exact) mass is 348 g/mol.